The Bertz CT molecular complexity index is 1090. The average molecular weight is 369 g/mol. The van der Waals surface area contributed by atoms with Crippen molar-refractivity contribution in [3.8, 4) is 0 Å². The number of para-hydroxylation sites is 1. The lowest BCUT2D eigenvalue weighted by Gasteiger charge is -2.17. The Morgan fingerprint density at radius 1 is 1.15 bits per heavy atom. The highest BCUT2D eigenvalue weighted by Crippen LogP contribution is 2.27. The van der Waals surface area contributed by atoms with Crippen molar-refractivity contribution in [3.63, 3.8) is 0 Å². The number of amides is 1. The van der Waals surface area contributed by atoms with Crippen LogP contribution in [0, 0.1) is 6.92 Å². The third kappa shape index (κ3) is 3.86. The maximum absolute atomic E-state index is 12.6. The number of furan rings is 1. The number of hydrogen-bond donors (Lipinski definition) is 2. The largest absolute Gasteiger partial charge is 0.461 e. The van der Waals surface area contributed by atoms with Gasteiger partial charge in [-0.05, 0) is 19.4 Å². The van der Waals surface area contributed by atoms with E-state index in [2.05, 4.69) is 9.97 Å². The number of carbonyl (C=O) groups excluding carboxylic acids is 1. The summed E-state index contributed by atoms with van der Waals surface area (Å²) < 4.78 is 5.88. The Morgan fingerprint density at radius 2 is 1.89 bits per heavy atom. The van der Waals surface area contributed by atoms with Crippen molar-refractivity contribution in [2.75, 3.05) is 7.05 Å². The summed E-state index contributed by atoms with van der Waals surface area (Å²) in [6.07, 6.45) is 1.20. The molecule has 0 radical (unpaired) electrons. The molecule has 1 aromatic carbocycles. The summed E-state index contributed by atoms with van der Waals surface area (Å²) in [6.45, 7) is 4.12. The van der Waals surface area contributed by atoms with E-state index in [1.54, 1.807) is 18.9 Å². The quantitative estimate of drug-likeness (QED) is 0.696. The van der Waals surface area contributed by atoms with Crippen LogP contribution in [0.4, 0.5) is 0 Å². The van der Waals surface area contributed by atoms with Gasteiger partial charge in [0, 0.05) is 48.6 Å². The topological polar surface area (TPSA) is 99.2 Å². The predicted octanol–water partition coefficient (Wildman–Crippen LogP) is 2.27. The zero-order valence-corrected chi connectivity index (χ0v) is 15.7. The van der Waals surface area contributed by atoms with Gasteiger partial charge in [-0.15, -0.1) is 0 Å². The van der Waals surface area contributed by atoms with Crippen LogP contribution in [0.25, 0.3) is 11.0 Å². The predicted molar refractivity (Wildman–Crippen MR) is 103 cm³/mol. The number of rotatable bonds is 6. The Labute approximate surface area is 156 Å². The van der Waals surface area contributed by atoms with Crippen molar-refractivity contribution in [2.45, 2.75) is 39.7 Å². The van der Waals surface area contributed by atoms with Gasteiger partial charge >= 0.3 is 5.69 Å². The van der Waals surface area contributed by atoms with Crippen LogP contribution in [0.15, 0.2) is 38.3 Å². The minimum atomic E-state index is -0.538. The molecule has 0 aliphatic rings. The van der Waals surface area contributed by atoms with Crippen LogP contribution in [0.3, 0.4) is 0 Å². The van der Waals surface area contributed by atoms with E-state index in [1.165, 1.54) is 0 Å². The summed E-state index contributed by atoms with van der Waals surface area (Å²) in [4.78, 5) is 42.2. The van der Waals surface area contributed by atoms with Gasteiger partial charge in [-0.3, -0.25) is 14.6 Å². The molecule has 0 unspecified atom stereocenters. The molecule has 1 amide bonds. The van der Waals surface area contributed by atoms with Crippen molar-refractivity contribution in [3.05, 3.63) is 67.7 Å². The second kappa shape index (κ2) is 7.65. The second-order valence-corrected chi connectivity index (χ2v) is 6.62. The van der Waals surface area contributed by atoms with E-state index in [0.29, 0.717) is 17.8 Å². The molecule has 0 aliphatic carbocycles. The molecule has 0 spiro atoms. The van der Waals surface area contributed by atoms with Crippen molar-refractivity contribution in [2.24, 2.45) is 0 Å². The molecule has 2 heterocycles. The fraction of sp³-hybridized carbons (Fsp3) is 0.350. The molecule has 0 atom stereocenters. The molecule has 3 aromatic rings. The standard InChI is InChI=1S/C20H23N3O4/c1-4-16-15(14-7-5-6-8-17(14)27-16)11-23(3)18(24)10-9-13-12(2)21-20(26)22-19(13)25/h5-8H,4,9-11H2,1-3H3,(H2,21,22,25,26). The number of nitrogens with zero attached hydrogens (tertiary/aromatic N) is 1. The van der Waals surface area contributed by atoms with Crippen LogP contribution in [0.2, 0.25) is 0 Å². The molecule has 2 aromatic heterocycles. The lowest BCUT2D eigenvalue weighted by atomic mass is 10.1. The first-order chi connectivity index (χ1) is 12.9. The van der Waals surface area contributed by atoms with Gasteiger partial charge in [-0.25, -0.2) is 4.79 Å². The summed E-state index contributed by atoms with van der Waals surface area (Å²) >= 11 is 0. The van der Waals surface area contributed by atoms with E-state index >= 15 is 0 Å². The zero-order valence-electron chi connectivity index (χ0n) is 15.7. The summed E-state index contributed by atoms with van der Waals surface area (Å²) in [5.74, 6) is 0.802. The molecule has 2 N–H and O–H groups in total. The molecular formula is C20H23N3O4. The van der Waals surface area contributed by atoms with Crippen molar-refractivity contribution in [1.82, 2.24) is 14.9 Å². The molecule has 0 saturated carbocycles. The highest BCUT2D eigenvalue weighted by atomic mass is 16.3. The lowest BCUT2D eigenvalue weighted by molar-refractivity contribution is -0.130. The molecule has 27 heavy (non-hydrogen) atoms. The van der Waals surface area contributed by atoms with Crippen LogP contribution in [0.5, 0.6) is 0 Å². The highest BCUT2D eigenvalue weighted by Gasteiger charge is 2.18. The fourth-order valence-electron chi connectivity index (χ4n) is 3.28. The number of H-pyrrole nitrogens is 2. The first kappa shape index (κ1) is 18.7. The van der Waals surface area contributed by atoms with E-state index < -0.39 is 11.2 Å². The van der Waals surface area contributed by atoms with Crippen LogP contribution >= 0.6 is 0 Å². The second-order valence-electron chi connectivity index (χ2n) is 6.62. The van der Waals surface area contributed by atoms with Crippen molar-refractivity contribution < 1.29 is 9.21 Å². The van der Waals surface area contributed by atoms with Crippen LogP contribution in [0.1, 0.15) is 35.9 Å². The molecule has 0 fully saturated rings. The maximum Gasteiger partial charge on any atom is 0.325 e. The fourth-order valence-corrected chi connectivity index (χ4v) is 3.28. The monoisotopic (exact) mass is 369 g/mol. The maximum atomic E-state index is 12.6. The van der Waals surface area contributed by atoms with E-state index in [0.717, 1.165) is 28.7 Å². The molecule has 0 bridgehead atoms. The highest BCUT2D eigenvalue weighted by molar-refractivity contribution is 5.83. The summed E-state index contributed by atoms with van der Waals surface area (Å²) in [5.41, 5.74) is 1.78. The Hall–Kier alpha value is -3.09. The SMILES string of the molecule is CCc1oc2ccccc2c1CN(C)C(=O)CCc1c(C)[nH]c(=O)[nH]c1=O. The van der Waals surface area contributed by atoms with Gasteiger partial charge in [0.05, 0.1) is 0 Å². The number of carbonyl (C=O) groups is 1. The Balaban J connectivity index is 1.74. The first-order valence-corrected chi connectivity index (χ1v) is 8.96. The van der Waals surface area contributed by atoms with Crippen LogP contribution < -0.4 is 11.2 Å². The van der Waals surface area contributed by atoms with Gasteiger partial charge in [0.25, 0.3) is 5.56 Å². The molecule has 7 nitrogen and oxygen atoms in total. The van der Waals surface area contributed by atoms with Crippen LogP contribution in [-0.4, -0.2) is 27.8 Å². The van der Waals surface area contributed by atoms with Crippen molar-refractivity contribution in [1.29, 1.82) is 0 Å². The zero-order chi connectivity index (χ0) is 19.6. The normalized spacial score (nSPS) is 11.1. The van der Waals surface area contributed by atoms with E-state index in [9.17, 15) is 14.4 Å². The van der Waals surface area contributed by atoms with Gasteiger partial charge in [0.2, 0.25) is 5.91 Å². The number of benzene rings is 1. The molecular weight excluding hydrogens is 346 g/mol. The van der Waals surface area contributed by atoms with Gasteiger partial charge in [0.1, 0.15) is 11.3 Å². The molecule has 7 heteroatoms. The average Bonchev–Trinajstić information content (AvgIpc) is 2.98. The van der Waals surface area contributed by atoms with E-state index in [-0.39, 0.29) is 18.7 Å². The van der Waals surface area contributed by atoms with Gasteiger partial charge in [-0.1, -0.05) is 25.1 Å². The third-order valence-electron chi connectivity index (χ3n) is 4.77. The third-order valence-corrected chi connectivity index (χ3v) is 4.77. The summed E-state index contributed by atoms with van der Waals surface area (Å²) in [6, 6.07) is 7.79. The molecule has 0 aliphatic heterocycles. The number of aryl methyl sites for hydroxylation is 2. The molecule has 0 saturated heterocycles. The Kier molecular flexibility index (Phi) is 5.30. The number of nitrogens with one attached hydrogen (secondary N) is 2. The summed E-state index contributed by atoms with van der Waals surface area (Å²) in [7, 11) is 1.74. The number of hydrogen-bond acceptors (Lipinski definition) is 4. The minimum absolute atomic E-state index is 0.0765. The number of fused-ring (bicyclic) bond motifs is 1. The first-order valence-electron chi connectivity index (χ1n) is 8.96. The van der Waals surface area contributed by atoms with Gasteiger partial charge < -0.3 is 14.3 Å². The van der Waals surface area contributed by atoms with E-state index in [1.807, 2.05) is 31.2 Å². The minimum Gasteiger partial charge on any atom is -0.461 e. The number of aromatic nitrogens is 2. The number of aromatic amines is 2. The smallest absolute Gasteiger partial charge is 0.325 e. The van der Waals surface area contributed by atoms with Crippen LogP contribution in [-0.2, 0) is 24.2 Å². The Morgan fingerprint density at radius 3 is 2.59 bits per heavy atom. The summed E-state index contributed by atoms with van der Waals surface area (Å²) in [5, 5.41) is 1.02. The van der Waals surface area contributed by atoms with Gasteiger partial charge in [-0.2, -0.15) is 0 Å². The van der Waals surface area contributed by atoms with E-state index in [4.69, 9.17) is 4.42 Å². The lowest BCUT2D eigenvalue weighted by Crippen LogP contribution is -2.30. The van der Waals surface area contributed by atoms with Crippen molar-refractivity contribution >= 4 is 16.9 Å². The molecule has 142 valence electrons. The van der Waals surface area contributed by atoms with Gasteiger partial charge in [0.15, 0.2) is 0 Å². The molecule has 3 rings (SSSR count).